The van der Waals surface area contributed by atoms with Gasteiger partial charge in [0.05, 0.1) is 17.2 Å². The van der Waals surface area contributed by atoms with Gasteiger partial charge in [-0.3, -0.25) is 15.1 Å². The van der Waals surface area contributed by atoms with E-state index in [4.69, 9.17) is 4.74 Å². The number of ether oxygens (including phenoxy) is 1. The van der Waals surface area contributed by atoms with Crippen molar-refractivity contribution in [3.63, 3.8) is 0 Å². The standard InChI is InChI=1S/C26H26F3N5O5S/c1-3-6-30-25(38)33-21-10-15(23-32-20(13-40-23)26(27,28)29)17(11-31-21)14-4-5-19-16(9-14)22(35)18(24(36)37)12-34(19)7-8-39-2/h4-5,9-12,20H,3,6-8,13H2,1-2H3,(H,36,37)(H2,30,31,33,38). The molecule has 10 nitrogen and oxygen atoms in total. The molecule has 0 aliphatic carbocycles. The maximum Gasteiger partial charge on any atom is 0.411 e. The number of benzene rings is 1. The van der Waals surface area contributed by atoms with Crippen LogP contribution in [-0.4, -0.2) is 69.9 Å². The fourth-order valence-electron chi connectivity index (χ4n) is 4.11. The number of methoxy groups -OCH3 is 1. The molecule has 1 aliphatic heterocycles. The number of nitrogens with zero attached hydrogens (tertiary/aromatic N) is 3. The Kier molecular flexibility index (Phi) is 8.79. The summed E-state index contributed by atoms with van der Waals surface area (Å²) < 4.78 is 46.9. The molecular weight excluding hydrogens is 551 g/mol. The summed E-state index contributed by atoms with van der Waals surface area (Å²) in [6.07, 6.45) is -1.19. The Hall–Kier alpha value is -3.91. The van der Waals surface area contributed by atoms with E-state index < -0.39 is 35.2 Å². The highest BCUT2D eigenvalue weighted by molar-refractivity contribution is 8.14. The van der Waals surface area contributed by atoms with Crippen molar-refractivity contribution in [1.82, 2.24) is 14.9 Å². The smallest absolute Gasteiger partial charge is 0.411 e. The van der Waals surface area contributed by atoms with Crippen LogP contribution < -0.4 is 16.1 Å². The summed E-state index contributed by atoms with van der Waals surface area (Å²) in [6.45, 7) is 2.86. The van der Waals surface area contributed by atoms with Crippen molar-refractivity contribution < 1.29 is 32.6 Å². The zero-order chi connectivity index (χ0) is 29.0. The number of fused-ring (bicyclic) bond motifs is 1. The first-order valence-corrected chi connectivity index (χ1v) is 13.2. The highest BCUT2D eigenvalue weighted by Crippen LogP contribution is 2.37. The van der Waals surface area contributed by atoms with Crippen LogP contribution in [-0.2, 0) is 11.3 Å². The van der Waals surface area contributed by atoms with Gasteiger partial charge in [-0.2, -0.15) is 13.2 Å². The van der Waals surface area contributed by atoms with Gasteiger partial charge in [0.1, 0.15) is 11.4 Å². The SMILES string of the molecule is CCCNC(=O)Nc1cc(C2=NC(C(F)(F)F)CS2)c(-c2ccc3c(c2)c(=O)c(C(=O)O)cn3CCOC)cn1. The largest absolute Gasteiger partial charge is 0.477 e. The molecule has 3 aromatic rings. The van der Waals surface area contributed by atoms with E-state index in [9.17, 15) is 32.7 Å². The molecule has 0 spiro atoms. The fourth-order valence-corrected chi connectivity index (χ4v) is 5.22. The number of pyridine rings is 2. The average molecular weight is 578 g/mol. The number of carbonyl (C=O) groups excluding carboxylic acids is 1. The number of aliphatic imine (C=N–C) groups is 1. The Morgan fingerprint density at radius 2 is 2.02 bits per heavy atom. The number of carboxylic acid groups (broad SMARTS) is 1. The summed E-state index contributed by atoms with van der Waals surface area (Å²) in [6, 6.07) is 3.79. The van der Waals surface area contributed by atoms with Crippen molar-refractivity contribution in [1.29, 1.82) is 0 Å². The molecule has 0 fully saturated rings. The molecule has 0 bridgehead atoms. The van der Waals surface area contributed by atoms with Crippen molar-refractivity contribution in [3.05, 3.63) is 58.0 Å². The first-order valence-electron chi connectivity index (χ1n) is 12.3. The third-order valence-corrected chi connectivity index (χ3v) is 7.18. The van der Waals surface area contributed by atoms with Gasteiger partial charge < -0.3 is 19.7 Å². The average Bonchev–Trinajstić information content (AvgIpc) is 3.42. The van der Waals surface area contributed by atoms with Gasteiger partial charge in [0.2, 0.25) is 5.43 Å². The van der Waals surface area contributed by atoms with Crippen LogP contribution in [0.15, 0.2) is 46.4 Å². The van der Waals surface area contributed by atoms with E-state index in [-0.39, 0.29) is 40.7 Å². The number of anilines is 1. The number of hydrogen-bond donors (Lipinski definition) is 3. The Labute approximate surface area is 230 Å². The van der Waals surface area contributed by atoms with Gasteiger partial charge >= 0.3 is 18.2 Å². The van der Waals surface area contributed by atoms with Crippen LogP contribution in [0.25, 0.3) is 22.0 Å². The third kappa shape index (κ3) is 6.28. The van der Waals surface area contributed by atoms with Gasteiger partial charge in [0.15, 0.2) is 6.04 Å². The minimum absolute atomic E-state index is 0.0991. The predicted molar refractivity (Wildman–Crippen MR) is 146 cm³/mol. The Balaban J connectivity index is 1.86. The second-order valence-corrected chi connectivity index (χ2v) is 9.90. The van der Waals surface area contributed by atoms with Crippen molar-refractivity contribution in [2.45, 2.75) is 32.1 Å². The van der Waals surface area contributed by atoms with E-state index in [0.717, 1.165) is 11.8 Å². The summed E-state index contributed by atoms with van der Waals surface area (Å²) in [4.78, 5) is 45.2. The minimum Gasteiger partial charge on any atom is -0.477 e. The molecule has 1 aromatic carbocycles. The van der Waals surface area contributed by atoms with Crippen LogP contribution >= 0.6 is 11.8 Å². The van der Waals surface area contributed by atoms with E-state index in [1.165, 1.54) is 31.6 Å². The fraction of sp³-hybridized carbons (Fsp3) is 0.346. The van der Waals surface area contributed by atoms with Crippen LogP contribution in [0.2, 0.25) is 0 Å². The van der Waals surface area contributed by atoms with E-state index in [1.807, 2.05) is 6.92 Å². The molecule has 2 aromatic heterocycles. The van der Waals surface area contributed by atoms with Crippen LogP contribution in [0.5, 0.6) is 0 Å². The van der Waals surface area contributed by atoms with Crippen LogP contribution in [0.4, 0.5) is 23.8 Å². The summed E-state index contributed by atoms with van der Waals surface area (Å²) in [5, 5.41) is 15.0. The summed E-state index contributed by atoms with van der Waals surface area (Å²) >= 11 is 0.922. The molecule has 3 N–H and O–H groups in total. The number of aromatic nitrogens is 2. The molecule has 3 heterocycles. The van der Waals surface area contributed by atoms with Crippen LogP contribution in [0, 0.1) is 0 Å². The number of carboxylic acids is 1. The Morgan fingerprint density at radius 1 is 1.25 bits per heavy atom. The lowest BCUT2D eigenvalue weighted by molar-refractivity contribution is -0.141. The molecule has 1 unspecified atom stereocenters. The van der Waals surface area contributed by atoms with Gasteiger partial charge in [-0.25, -0.2) is 14.6 Å². The Morgan fingerprint density at radius 3 is 2.67 bits per heavy atom. The van der Waals surface area contributed by atoms with Gasteiger partial charge in [0.25, 0.3) is 0 Å². The molecule has 0 saturated heterocycles. The lowest BCUT2D eigenvalue weighted by Gasteiger charge is -2.15. The number of alkyl halides is 3. The van der Waals surface area contributed by atoms with Crippen molar-refractivity contribution in [2.24, 2.45) is 4.99 Å². The zero-order valence-electron chi connectivity index (χ0n) is 21.5. The number of carbonyl (C=O) groups is 2. The maximum atomic E-state index is 13.4. The number of hydrogen-bond acceptors (Lipinski definition) is 7. The van der Waals surface area contributed by atoms with Crippen LogP contribution in [0.1, 0.15) is 29.3 Å². The van der Waals surface area contributed by atoms with Crippen molar-refractivity contribution in [2.75, 3.05) is 31.3 Å². The summed E-state index contributed by atoms with van der Waals surface area (Å²) in [5.74, 6) is -1.59. The highest BCUT2D eigenvalue weighted by atomic mass is 32.2. The molecule has 2 amide bonds. The molecular formula is C26H26F3N5O5S. The highest BCUT2D eigenvalue weighted by Gasteiger charge is 2.43. The molecule has 40 heavy (non-hydrogen) atoms. The number of aromatic carboxylic acids is 1. The van der Waals surface area contributed by atoms with Crippen molar-refractivity contribution >= 4 is 45.5 Å². The number of thioether (sulfide) groups is 1. The minimum atomic E-state index is -4.52. The molecule has 0 radical (unpaired) electrons. The van der Waals surface area contributed by atoms with E-state index in [0.29, 0.717) is 29.6 Å². The zero-order valence-corrected chi connectivity index (χ0v) is 22.4. The summed E-state index contributed by atoms with van der Waals surface area (Å²) in [7, 11) is 1.49. The number of amides is 2. The normalized spacial score (nSPS) is 15.2. The second-order valence-electron chi connectivity index (χ2n) is 8.89. The third-order valence-electron chi connectivity index (χ3n) is 6.10. The van der Waals surface area contributed by atoms with E-state index >= 15 is 0 Å². The summed E-state index contributed by atoms with van der Waals surface area (Å²) in [5.41, 5.74) is 0.378. The van der Waals surface area contributed by atoms with E-state index in [2.05, 4.69) is 20.6 Å². The van der Waals surface area contributed by atoms with Gasteiger partial charge in [-0.05, 0) is 30.2 Å². The number of rotatable bonds is 9. The first-order chi connectivity index (χ1) is 19.0. The molecule has 1 atom stereocenters. The Bertz CT molecular complexity index is 1540. The van der Waals surface area contributed by atoms with Crippen LogP contribution in [0.3, 0.4) is 0 Å². The molecule has 4 rings (SSSR count). The predicted octanol–water partition coefficient (Wildman–Crippen LogP) is 4.36. The number of nitrogens with one attached hydrogen (secondary N) is 2. The van der Waals surface area contributed by atoms with Gasteiger partial charge in [-0.1, -0.05) is 13.0 Å². The molecule has 212 valence electrons. The first kappa shape index (κ1) is 29.1. The molecule has 14 heteroatoms. The van der Waals surface area contributed by atoms with Gasteiger partial charge in [-0.15, -0.1) is 11.8 Å². The molecule has 1 aliphatic rings. The lowest BCUT2D eigenvalue weighted by atomic mass is 9.99. The number of halogens is 3. The number of urea groups is 1. The second kappa shape index (κ2) is 12.1. The monoisotopic (exact) mass is 577 g/mol. The topological polar surface area (TPSA) is 135 Å². The molecule has 0 saturated carbocycles. The maximum absolute atomic E-state index is 13.4. The van der Waals surface area contributed by atoms with Crippen molar-refractivity contribution in [3.8, 4) is 11.1 Å². The lowest BCUT2D eigenvalue weighted by Crippen LogP contribution is -2.29. The van der Waals surface area contributed by atoms with E-state index in [1.54, 1.807) is 16.7 Å². The van der Waals surface area contributed by atoms with Gasteiger partial charge in [0, 0.05) is 54.9 Å². The quantitative estimate of drug-likeness (QED) is 0.344.